The molecule has 0 unspecified atom stereocenters. The van der Waals surface area contributed by atoms with Crippen LogP contribution in [-0.2, 0) is 16.6 Å². The summed E-state index contributed by atoms with van der Waals surface area (Å²) in [5.41, 5.74) is 6.24. The van der Waals surface area contributed by atoms with Crippen LogP contribution in [0.4, 0.5) is 0 Å². The first-order valence-electron chi connectivity index (χ1n) is 6.54. The van der Waals surface area contributed by atoms with Gasteiger partial charge in [-0.3, -0.25) is 0 Å². The largest absolute Gasteiger partial charge is 0.465 e. The number of nitrogens with zero attached hydrogens (tertiary/aromatic N) is 1. The van der Waals surface area contributed by atoms with Crippen LogP contribution in [0.3, 0.4) is 0 Å². The lowest BCUT2D eigenvalue weighted by molar-refractivity contribution is 0.379. The Balaban J connectivity index is 3.33. The van der Waals surface area contributed by atoms with Gasteiger partial charge in [0.1, 0.15) is 16.4 Å². The topological polar surface area (TPSA) is 76.5 Å². The van der Waals surface area contributed by atoms with Gasteiger partial charge in [0.2, 0.25) is 10.0 Å². The second-order valence-electron chi connectivity index (χ2n) is 5.08. The Morgan fingerprint density at radius 3 is 2.26 bits per heavy atom. The van der Waals surface area contributed by atoms with Gasteiger partial charge in [0.05, 0.1) is 0 Å². The maximum atomic E-state index is 12.7. The first kappa shape index (κ1) is 16.2. The summed E-state index contributed by atoms with van der Waals surface area (Å²) in [7, 11) is -3.54. The Morgan fingerprint density at radius 1 is 1.26 bits per heavy atom. The van der Waals surface area contributed by atoms with Crippen molar-refractivity contribution in [1.29, 1.82) is 0 Å². The molecule has 1 rings (SSSR count). The van der Waals surface area contributed by atoms with Gasteiger partial charge in [-0.15, -0.1) is 0 Å². The van der Waals surface area contributed by atoms with E-state index in [1.54, 1.807) is 13.8 Å². The van der Waals surface area contributed by atoms with Crippen molar-refractivity contribution in [3.63, 3.8) is 0 Å². The van der Waals surface area contributed by atoms with Crippen LogP contribution in [0.1, 0.15) is 37.9 Å². The first-order valence-corrected chi connectivity index (χ1v) is 7.98. The van der Waals surface area contributed by atoms with Gasteiger partial charge >= 0.3 is 0 Å². The maximum Gasteiger partial charge on any atom is 0.246 e. The minimum Gasteiger partial charge on any atom is -0.465 e. The van der Waals surface area contributed by atoms with Gasteiger partial charge in [-0.1, -0.05) is 20.8 Å². The van der Waals surface area contributed by atoms with Crippen LogP contribution in [0, 0.1) is 19.8 Å². The number of furan rings is 1. The number of hydrogen-bond donors (Lipinski definition) is 1. The molecule has 6 heteroatoms. The van der Waals surface area contributed by atoms with Crippen LogP contribution in [0.15, 0.2) is 9.31 Å². The number of sulfonamides is 1. The molecule has 0 radical (unpaired) electrons. The second-order valence-corrected chi connectivity index (χ2v) is 6.95. The number of hydrogen-bond acceptors (Lipinski definition) is 4. The Kier molecular flexibility index (Phi) is 5.18. The predicted molar refractivity (Wildman–Crippen MR) is 75.3 cm³/mol. The fourth-order valence-corrected chi connectivity index (χ4v) is 4.25. The highest BCUT2D eigenvalue weighted by molar-refractivity contribution is 7.89. The van der Waals surface area contributed by atoms with Crippen molar-refractivity contribution in [1.82, 2.24) is 4.31 Å². The van der Waals surface area contributed by atoms with Crippen LogP contribution in [0.5, 0.6) is 0 Å². The lowest BCUT2D eigenvalue weighted by Crippen LogP contribution is -2.34. The van der Waals surface area contributed by atoms with E-state index in [-0.39, 0.29) is 17.4 Å². The summed E-state index contributed by atoms with van der Waals surface area (Å²) in [4.78, 5) is 0.245. The molecule has 1 aromatic rings. The van der Waals surface area contributed by atoms with E-state index in [1.807, 2.05) is 20.8 Å². The Bertz CT molecular complexity index is 532. The van der Waals surface area contributed by atoms with Crippen LogP contribution < -0.4 is 5.73 Å². The Labute approximate surface area is 115 Å². The molecule has 0 aliphatic rings. The van der Waals surface area contributed by atoms with Crippen molar-refractivity contribution >= 4 is 10.0 Å². The third-order valence-corrected chi connectivity index (χ3v) is 5.19. The van der Waals surface area contributed by atoms with Gasteiger partial charge in [-0.25, -0.2) is 8.42 Å². The maximum absolute atomic E-state index is 12.7. The molecule has 0 saturated carbocycles. The van der Waals surface area contributed by atoms with E-state index in [0.717, 1.165) is 0 Å². The third-order valence-electron chi connectivity index (χ3n) is 3.05. The molecule has 110 valence electrons. The summed E-state index contributed by atoms with van der Waals surface area (Å²) in [6, 6.07) is 0. The molecule has 5 nitrogen and oxygen atoms in total. The van der Waals surface area contributed by atoms with E-state index < -0.39 is 10.0 Å². The van der Waals surface area contributed by atoms with Gasteiger partial charge in [0.15, 0.2) is 0 Å². The minimum absolute atomic E-state index is 0.164. The molecule has 0 saturated heterocycles. The summed E-state index contributed by atoms with van der Waals surface area (Å²) < 4.78 is 32.4. The van der Waals surface area contributed by atoms with E-state index in [1.165, 1.54) is 4.31 Å². The first-order chi connectivity index (χ1) is 8.75. The van der Waals surface area contributed by atoms with Crippen LogP contribution in [-0.4, -0.2) is 25.8 Å². The summed E-state index contributed by atoms with van der Waals surface area (Å²) in [6.07, 6.45) is 0. The SMILES string of the molecule is CCN(CC(C)C)S(=O)(=O)c1c(C)oc(C)c1CN. The average molecular weight is 288 g/mol. The van der Waals surface area contributed by atoms with Gasteiger partial charge in [0.25, 0.3) is 0 Å². The van der Waals surface area contributed by atoms with E-state index in [0.29, 0.717) is 30.2 Å². The lowest BCUT2D eigenvalue weighted by Gasteiger charge is -2.22. The van der Waals surface area contributed by atoms with Crippen molar-refractivity contribution in [2.24, 2.45) is 11.7 Å². The zero-order valence-electron chi connectivity index (χ0n) is 12.4. The van der Waals surface area contributed by atoms with Crippen molar-refractivity contribution < 1.29 is 12.8 Å². The molecule has 1 aromatic heterocycles. The monoisotopic (exact) mass is 288 g/mol. The molecule has 0 aliphatic carbocycles. The summed E-state index contributed by atoms with van der Waals surface area (Å²) in [5.74, 6) is 1.27. The van der Waals surface area contributed by atoms with Crippen molar-refractivity contribution in [2.45, 2.75) is 46.1 Å². The molecule has 0 bridgehead atoms. The Hall–Kier alpha value is -0.850. The quantitative estimate of drug-likeness (QED) is 0.869. The van der Waals surface area contributed by atoms with Crippen LogP contribution in [0.2, 0.25) is 0 Å². The van der Waals surface area contributed by atoms with Crippen LogP contribution >= 0.6 is 0 Å². The molecular weight excluding hydrogens is 264 g/mol. The zero-order valence-corrected chi connectivity index (χ0v) is 13.2. The minimum atomic E-state index is -3.54. The molecule has 0 aliphatic heterocycles. The van der Waals surface area contributed by atoms with E-state index in [2.05, 4.69) is 0 Å². The van der Waals surface area contributed by atoms with Crippen molar-refractivity contribution in [2.75, 3.05) is 13.1 Å². The van der Waals surface area contributed by atoms with Gasteiger partial charge in [-0.05, 0) is 19.8 Å². The van der Waals surface area contributed by atoms with Gasteiger partial charge < -0.3 is 10.2 Å². The molecule has 19 heavy (non-hydrogen) atoms. The molecule has 0 aromatic carbocycles. The van der Waals surface area contributed by atoms with E-state index >= 15 is 0 Å². The van der Waals surface area contributed by atoms with Crippen molar-refractivity contribution in [3.05, 3.63) is 17.1 Å². The van der Waals surface area contributed by atoms with Crippen molar-refractivity contribution in [3.8, 4) is 0 Å². The second kappa shape index (κ2) is 6.07. The Morgan fingerprint density at radius 2 is 1.84 bits per heavy atom. The smallest absolute Gasteiger partial charge is 0.246 e. The molecular formula is C13H24N2O3S. The highest BCUT2D eigenvalue weighted by Gasteiger charge is 2.31. The summed E-state index contributed by atoms with van der Waals surface area (Å²) in [5, 5.41) is 0. The standard InChI is InChI=1S/C13H24N2O3S/c1-6-15(8-9(2)3)19(16,17)13-11(5)18-10(4)12(13)7-14/h9H,6-8,14H2,1-5H3. The van der Waals surface area contributed by atoms with E-state index in [9.17, 15) is 8.42 Å². The van der Waals surface area contributed by atoms with Gasteiger partial charge in [-0.2, -0.15) is 4.31 Å². The molecule has 0 spiro atoms. The van der Waals surface area contributed by atoms with Gasteiger partial charge in [0, 0.05) is 25.2 Å². The molecule has 1 heterocycles. The molecule has 2 N–H and O–H groups in total. The number of aryl methyl sites for hydroxylation is 2. The zero-order chi connectivity index (χ0) is 14.8. The van der Waals surface area contributed by atoms with E-state index in [4.69, 9.17) is 10.2 Å². The summed E-state index contributed by atoms with van der Waals surface area (Å²) >= 11 is 0. The molecule has 0 fully saturated rings. The predicted octanol–water partition coefficient (Wildman–Crippen LogP) is 2.02. The fraction of sp³-hybridized carbons (Fsp3) is 0.692. The summed E-state index contributed by atoms with van der Waals surface area (Å²) in [6.45, 7) is 10.3. The fourth-order valence-electron chi connectivity index (χ4n) is 2.22. The molecule has 0 amide bonds. The highest BCUT2D eigenvalue weighted by Crippen LogP contribution is 2.29. The number of nitrogens with two attached hydrogens (primary N) is 1. The normalized spacial score (nSPS) is 12.6. The third kappa shape index (κ3) is 3.19. The molecule has 0 atom stereocenters. The average Bonchev–Trinajstić information content (AvgIpc) is 2.60. The number of rotatable bonds is 6. The lowest BCUT2D eigenvalue weighted by atomic mass is 10.2. The van der Waals surface area contributed by atoms with Crippen LogP contribution in [0.25, 0.3) is 0 Å². The highest BCUT2D eigenvalue weighted by atomic mass is 32.2.